The van der Waals surface area contributed by atoms with E-state index in [2.05, 4.69) is 15.7 Å². The largest absolute Gasteiger partial charge is 0.346 e. The molecule has 1 saturated heterocycles. The van der Waals surface area contributed by atoms with Crippen LogP contribution in [0.3, 0.4) is 0 Å². The Morgan fingerprint density at radius 1 is 1.20 bits per heavy atom. The number of nitrogens with zero attached hydrogens (tertiary/aromatic N) is 1. The molecule has 2 atom stereocenters. The Balaban J connectivity index is 1.59. The minimum absolute atomic E-state index is 0.160. The summed E-state index contributed by atoms with van der Waals surface area (Å²) >= 11 is 6.01. The summed E-state index contributed by atoms with van der Waals surface area (Å²) in [4.78, 5) is 48.8. The topological polar surface area (TPSA) is 113 Å². The van der Waals surface area contributed by atoms with Crippen LogP contribution in [0.2, 0.25) is 5.02 Å². The van der Waals surface area contributed by atoms with Gasteiger partial charge in [0.25, 0.3) is 17.4 Å². The summed E-state index contributed by atoms with van der Waals surface area (Å²) in [6.07, 6.45) is 0.398. The number of hydrogen-bond acceptors (Lipinski definition) is 4. The zero-order valence-corrected chi connectivity index (χ0v) is 16.8. The first-order valence-corrected chi connectivity index (χ1v) is 9.85. The van der Waals surface area contributed by atoms with Crippen molar-refractivity contribution in [2.24, 2.45) is 0 Å². The van der Waals surface area contributed by atoms with Crippen LogP contribution in [-0.2, 0) is 9.59 Å². The molecule has 1 unspecified atom stereocenters. The Bertz CT molecular complexity index is 1230. The van der Waals surface area contributed by atoms with Crippen LogP contribution in [0.4, 0.5) is 0 Å². The van der Waals surface area contributed by atoms with Crippen molar-refractivity contribution in [3.8, 4) is 0 Å². The lowest BCUT2D eigenvalue weighted by Gasteiger charge is -2.20. The third-order valence-electron chi connectivity index (χ3n) is 5.19. The van der Waals surface area contributed by atoms with Crippen molar-refractivity contribution in [1.82, 2.24) is 20.4 Å². The molecule has 0 spiro atoms. The molecule has 8 nitrogen and oxygen atoms in total. The lowest BCUT2D eigenvalue weighted by Crippen LogP contribution is -2.44. The summed E-state index contributed by atoms with van der Waals surface area (Å²) in [5.41, 5.74) is 1.30. The van der Waals surface area contributed by atoms with Gasteiger partial charge in [-0.3, -0.25) is 29.6 Å². The van der Waals surface area contributed by atoms with Gasteiger partial charge < -0.3 is 5.32 Å². The van der Waals surface area contributed by atoms with Gasteiger partial charge in [0, 0.05) is 17.0 Å². The molecule has 3 amide bonds. The molecule has 1 fully saturated rings. The highest BCUT2D eigenvalue weighted by Crippen LogP contribution is 2.20. The van der Waals surface area contributed by atoms with Crippen LogP contribution < -0.4 is 16.2 Å². The van der Waals surface area contributed by atoms with Gasteiger partial charge in [-0.25, -0.2) is 4.68 Å². The fourth-order valence-corrected chi connectivity index (χ4v) is 3.76. The third kappa shape index (κ3) is 3.73. The number of amides is 3. The average Bonchev–Trinajstić information content (AvgIpc) is 3.03. The summed E-state index contributed by atoms with van der Waals surface area (Å²) < 4.78 is 1.21. The van der Waals surface area contributed by atoms with E-state index in [4.69, 9.17) is 11.6 Å². The van der Waals surface area contributed by atoms with Crippen molar-refractivity contribution in [1.29, 1.82) is 0 Å². The van der Waals surface area contributed by atoms with Crippen molar-refractivity contribution in [3.63, 3.8) is 0 Å². The number of piperidine rings is 1. The first-order valence-electron chi connectivity index (χ1n) is 9.48. The van der Waals surface area contributed by atoms with Gasteiger partial charge in [0.15, 0.2) is 0 Å². The Morgan fingerprint density at radius 3 is 2.73 bits per heavy atom. The Labute approximate surface area is 176 Å². The Hall–Kier alpha value is -3.39. The van der Waals surface area contributed by atoms with Crippen LogP contribution in [0, 0.1) is 0 Å². The summed E-state index contributed by atoms with van der Waals surface area (Å²) in [6, 6.07) is 10.9. The van der Waals surface area contributed by atoms with Crippen LogP contribution in [-0.4, -0.2) is 27.5 Å². The fourth-order valence-electron chi connectivity index (χ4n) is 3.56. The highest BCUT2D eigenvalue weighted by Gasteiger charge is 2.30. The zero-order chi connectivity index (χ0) is 21.4. The number of rotatable bonds is 4. The van der Waals surface area contributed by atoms with Crippen molar-refractivity contribution in [3.05, 3.63) is 69.0 Å². The highest BCUT2D eigenvalue weighted by atomic mass is 35.5. The standard InChI is InChI=1S/C21H19ClN4O4/c1-11(12-3-2-4-14(22)9-12)23-19(28)13-5-6-15-16(10-13)25-26(21(15)30)17-7-8-18(27)24-20(17)29/h2-6,9-11,17,25H,7-8H2,1H3,(H,23,28)(H,24,27,29)/t11-,17?/m0/s1. The first kappa shape index (κ1) is 19.9. The number of carbonyl (C=O) groups excluding carboxylic acids is 3. The van der Waals surface area contributed by atoms with E-state index in [1.165, 1.54) is 4.68 Å². The molecule has 9 heteroatoms. The highest BCUT2D eigenvalue weighted by molar-refractivity contribution is 6.30. The van der Waals surface area contributed by atoms with E-state index >= 15 is 0 Å². The van der Waals surface area contributed by atoms with Crippen LogP contribution in [0.1, 0.15) is 47.8 Å². The molecule has 30 heavy (non-hydrogen) atoms. The van der Waals surface area contributed by atoms with Gasteiger partial charge in [0.05, 0.1) is 16.9 Å². The molecule has 3 N–H and O–H groups in total. The molecule has 0 bridgehead atoms. The number of imide groups is 1. The minimum atomic E-state index is -0.789. The van der Waals surface area contributed by atoms with E-state index in [1.54, 1.807) is 30.3 Å². The lowest BCUT2D eigenvalue weighted by atomic mass is 10.1. The molecule has 154 valence electrons. The van der Waals surface area contributed by atoms with Crippen LogP contribution in [0.15, 0.2) is 47.3 Å². The van der Waals surface area contributed by atoms with E-state index in [-0.39, 0.29) is 36.3 Å². The molecule has 1 aliphatic rings. The Morgan fingerprint density at radius 2 is 2.00 bits per heavy atom. The van der Waals surface area contributed by atoms with Crippen LogP contribution in [0.25, 0.3) is 10.9 Å². The molecular weight excluding hydrogens is 408 g/mol. The maximum Gasteiger partial charge on any atom is 0.275 e. The van der Waals surface area contributed by atoms with Gasteiger partial charge in [-0.05, 0) is 49.2 Å². The van der Waals surface area contributed by atoms with Gasteiger partial charge in [0.1, 0.15) is 6.04 Å². The van der Waals surface area contributed by atoms with Crippen molar-refractivity contribution >= 4 is 40.2 Å². The van der Waals surface area contributed by atoms with Crippen molar-refractivity contribution < 1.29 is 14.4 Å². The predicted octanol–water partition coefficient (Wildman–Crippen LogP) is 2.45. The second-order valence-electron chi connectivity index (χ2n) is 7.26. The third-order valence-corrected chi connectivity index (χ3v) is 5.43. The maximum atomic E-state index is 12.7. The van der Waals surface area contributed by atoms with E-state index in [1.807, 2.05) is 19.1 Å². The first-order chi connectivity index (χ1) is 14.3. The zero-order valence-electron chi connectivity index (χ0n) is 16.1. The van der Waals surface area contributed by atoms with E-state index in [9.17, 15) is 19.2 Å². The monoisotopic (exact) mass is 426 g/mol. The van der Waals surface area contributed by atoms with Crippen LogP contribution >= 0.6 is 11.6 Å². The number of benzene rings is 2. The van der Waals surface area contributed by atoms with Crippen molar-refractivity contribution in [2.75, 3.05) is 0 Å². The van der Waals surface area contributed by atoms with E-state index in [0.717, 1.165) is 5.56 Å². The van der Waals surface area contributed by atoms with E-state index in [0.29, 0.717) is 21.5 Å². The molecule has 3 aromatic rings. The molecule has 0 saturated carbocycles. The fraction of sp³-hybridized carbons (Fsp3) is 0.238. The quantitative estimate of drug-likeness (QED) is 0.556. The van der Waals surface area contributed by atoms with Gasteiger partial charge in [-0.2, -0.15) is 0 Å². The second-order valence-corrected chi connectivity index (χ2v) is 7.70. The smallest absolute Gasteiger partial charge is 0.275 e. The second kappa shape index (κ2) is 7.79. The number of nitrogens with one attached hydrogen (secondary N) is 3. The molecule has 4 rings (SSSR count). The van der Waals surface area contributed by atoms with Gasteiger partial charge in [-0.15, -0.1) is 0 Å². The molecular formula is C21H19ClN4O4. The number of fused-ring (bicyclic) bond motifs is 1. The minimum Gasteiger partial charge on any atom is -0.346 e. The number of aromatic nitrogens is 2. The average molecular weight is 427 g/mol. The summed E-state index contributed by atoms with van der Waals surface area (Å²) in [6.45, 7) is 1.85. The lowest BCUT2D eigenvalue weighted by molar-refractivity contribution is -0.136. The molecule has 1 aromatic heterocycles. The number of hydrogen-bond donors (Lipinski definition) is 3. The normalized spacial score (nSPS) is 17.6. The van der Waals surface area contributed by atoms with Crippen LogP contribution in [0.5, 0.6) is 0 Å². The molecule has 0 aliphatic carbocycles. The molecule has 2 aromatic carbocycles. The van der Waals surface area contributed by atoms with Gasteiger partial charge >= 0.3 is 0 Å². The molecule has 0 radical (unpaired) electrons. The molecule has 2 heterocycles. The number of halogens is 1. The number of H-pyrrole nitrogens is 1. The number of aromatic amines is 1. The number of carbonyl (C=O) groups is 3. The van der Waals surface area contributed by atoms with E-state index < -0.39 is 11.9 Å². The summed E-state index contributed by atoms with van der Waals surface area (Å²) in [7, 11) is 0. The Kier molecular flexibility index (Phi) is 5.17. The molecule has 1 aliphatic heterocycles. The van der Waals surface area contributed by atoms with Gasteiger partial charge in [0.2, 0.25) is 5.91 Å². The van der Waals surface area contributed by atoms with Gasteiger partial charge in [-0.1, -0.05) is 23.7 Å². The summed E-state index contributed by atoms with van der Waals surface area (Å²) in [5.74, 6) is -1.18. The summed E-state index contributed by atoms with van der Waals surface area (Å²) in [5, 5.41) is 8.99. The predicted molar refractivity (Wildman–Crippen MR) is 111 cm³/mol. The SMILES string of the molecule is C[C@H](NC(=O)c1ccc2c(=O)n(C3CCC(=O)NC3=O)[nH]c2c1)c1cccc(Cl)c1. The maximum absolute atomic E-state index is 12.7. The van der Waals surface area contributed by atoms with Crippen molar-refractivity contribution in [2.45, 2.75) is 31.8 Å².